The van der Waals surface area contributed by atoms with Crippen LogP contribution in [0.25, 0.3) is 0 Å². The lowest BCUT2D eigenvalue weighted by Gasteiger charge is -2.29. The molecule has 1 aliphatic carbocycles. The Morgan fingerprint density at radius 2 is 2.11 bits per heavy atom. The highest BCUT2D eigenvalue weighted by Crippen LogP contribution is 2.46. The molecular formula is C23H37FO4. The normalized spacial score (nSPS) is 31.6. The van der Waals surface area contributed by atoms with Gasteiger partial charge in [0.05, 0.1) is 19.3 Å². The Morgan fingerprint density at radius 3 is 2.79 bits per heavy atom. The van der Waals surface area contributed by atoms with Gasteiger partial charge in [0, 0.05) is 12.3 Å². The molecule has 2 fully saturated rings. The minimum Gasteiger partial charge on any atom is -0.469 e. The molecule has 0 aromatic heterocycles. The quantitative estimate of drug-likeness (QED) is 0.427. The third-order valence-corrected chi connectivity index (χ3v) is 6.31. The first-order valence-electron chi connectivity index (χ1n) is 10.7. The van der Waals surface area contributed by atoms with Crippen LogP contribution in [0.1, 0.15) is 65.7 Å². The summed E-state index contributed by atoms with van der Waals surface area (Å²) in [6.07, 6.45) is 11.0. The zero-order valence-corrected chi connectivity index (χ0v) is 17.8. The van der Waals surface area contributed by atoms with Crippen LogP contribution in [0.2, 0.25) is 0 Å². The summed E-state index contributed by atoms with van der Waals surface area (Å²) < 4.78 is 25.5. The van der Waals surface area contributed by atoms with Crippen molar-refractivity contribution < 1.29 is 23.8 Å². The number of alkyl halides is 1. The number of esters is 1. The second-order valence-electron chi connectivity index (χ2n) is 8.87. The van der Waals surface area contributed by atoms with Gasteiger partial charge in [0.2, 0.25) is 0 Å². The third-order valence-electron chi connectivity index (χ3n) is 6.31. The maximum absolute atomic E-state index is 15.0. The van der Waals surface area contributed by atoms with Gasteiger partial charge in [-0.05, 0) is 37.0 Å². The molecule has 0 radical (unpaired) electrons. The standard InChI is InChI=1S/C23H37FO4/c1-5-6-15-23(2,3)19(25)14-12-16-11-13-17-21(16)22(24)18(28-17)9-7-8-10-20(26)27-4/h7,9,12,14,16-19,21-22,25H,5-6,8,10-11,13,15H2,1-4H3/b9-7+,14-12+/t16-,17-,18-,19-,21-,22?/m1/s1. The number of hydrogen-bond acceptors (Lipinski definition) is 4. The fourth-order valence-electron chi connectivity index (χ4n) is 4.31. The summed E-state index contributed by atoms with van der Waals surface area (Å²) in [5.41, 5.74) is -0.170. The van der Waals surface area contributed by atoms with Crippen molar-refractivity contribution in [2.75, 3.05) is 7.11 Å². The smallest absolute Gasteiger partial charge is 0.305 e. The van der Waals surface area contributed by atoms with Crippen LogP contribution in [0.4, 0.5) is 4.39 Å². The number of fused-ring (bicyclic) bond motifs is 1. The van der Waals surface area contributed by atoms with Gasteiger partial charge < -0.3 is 14.6 Å². The van der Waals surface area contributed by atoms with E-state index in [1.54, 1.807) is 12.2 Å². The van der Waals surface area contributed by atoms with E-state index in [2.05, 4.69) is 25.5 Å². The van der Waals surface area contributed by atoms with Gasteiger partial charge in [-0.2, -0.15) is 0 Å². The molecule has 1 saturated heterocycles. The number of methoxy groups -OCH3 is 1. The summed E-state index contributed by atoms with van der Waals surface area (Å²) in [5, 5.41) is 10.6. The number of carbonyl (C=O) groups is 1. The maximum Gasteiger partial charge on any atom is 0.305 e. The summed E-state index contributed by atoms with van der Waals surface area (Å²) in [6.45, 7) is 6.32. The minimum absolute atomic E-state index is 0.0647. The molecule has 28 heavy (non-hydrogen) atoms. The molecule has 2 aliphatic rings. The molecule has 1 saturated carbocycles. The monoisotopic (exact) mass is 396 g/mol. The molecule has 2 rings (SSSR count). The first-order chi connectivity index (χ1) is 13.3. The summed E-state index contributed by atoms with van der Waals surface area (Å²) in [5.74, 6) is -0.321. The van der Waals surface area contributed by atoms with Gasteiger partial charge in [-0.3, -0.25) is 4.79 Å². The number of allylic oxidation sites excluding steroid dienone is 2. The van der Waals surface area contributed by atoms with E-state index in [1.807, 2.05) is 12.2 Å². The summed E-state index contributed by atoms with van der Waals surface area (Å²) in [4.78, 5) is 11.1. The highest BCUT2D eigenvalue weighted by Gasteiger charge is 2.50. The van der Waals surface area contributed by atoms with Crippen LogP contribution in [0, 0.1) is 17.3 Å². The van der Waals surface area contributed by atoms with Gasteiger partial charge in [0.25, 0.3) is 0 Å². The molecule has 0 spiro atoms. The Kier molecular flexibility index (Phi) is 8.69. The van der Waals surface area contributed by atoms with Crippen LogP contribution < -0.4 is 0 Å². The van der Waals surface area contributed by atoms with E-state index in [1.165, 1.54) is 7.11 Å². The molecule has 1 heterocycles. The van der Waals surface area contributed by atoms with E-state index in [-0.39, 0.29) is 29.3 Å². The number of halogens is 1. The molecule has 5 heteroatoms. The SMILES string of the molecule is CCCCC(C)(C)[C@H](O)/C=C/[C@H]1CC[C@H]2O[C@H](/C=C/CCC(=O)OC)C(F)[C@H]12. The molecule has 160 valence electrons. The third kappa shape index (κ3) is 5.90. The Bertz CT molecular complexity index is 557. The van der Waals surface area contributed by atoms with Crippen LogP contribution >= 0.6 is 0 Å². The number of aliphatic hydroxyl groups excluding tert-OH is 1. The van der Waals surface area contributed by atoms with E-state index >= 15 is 4.39 Å². The molecule has 1 N–H and O–H groups in total. The first kappa shape index (κ1) is 23.1. The fraction of sp³-hybridized carbons (Fsp3) is 0.783. The number of carbonyl (C=O) groups excluding carboxylic acids is 1. The van der Waals surface area contributed by atoms with Crippen molar-refractivity contribution >= 4 is 5.97 Å². The molecular weight excluding hydrogens is 359 g/mol. The van der Waals surface area contributed by atoms with Crippen LogP contribution in [-0.2, 0) is 14.3 Å². The van der Waals surface area contributed by atoms with Crippen molar-refractivity contribution in [3.05, 3.63) is 24.3 Å². The van der Waals surface area contributed by atoms with E-state index < -0.39 is 18.4 Å². The number of ether oxygens (including phenoxy) is 2. The van der Waals surface area contributed by atoms with Gasteiger partial charge in [-0.25, -0.2) is 4.39 Å². The Morgan fingerprint density at radius 1 is 1.36 bits per heavy atom. The van der Waals surface area contributed by atoms with Crippen molar-refractivity contribution in [2.24, 2.45) is 17.3 Å². The molecule has 0 aromatic rings. The van der Waals surface area contributed by atoms with E-state index in [0.29, 0.717) is 12.8 Å². The zero-order valence-electron chi connectivity index (χ0n) is 17.8. The molecule has 1 unspecified atom stereocenters. The van der Waals surface area contributed by atoms with Crippen molar-refractivity contribution in [3.63, 3.8) is 0 Å². The van der Waals surface area contributed by atoms with Gasteiger partial charge in [-0.1, -0.05) is 57.9 Å². The molecule has 4 nitrogen and oxygen atoms in total. The van der Waals surface area contributed by atoms with Crippen LogP contribution in [-0.4, -0.2) is 42.7 Å². The second-order valence-corrected chi connectivity index (χ2v) is 8.87. The maximum atomic E-state index is 15.0. The van der Waals surface area contributed by atoms with Crippen LogP contribution in [0.3, 0.4) is 0 Å². The number of unbranched alkanes of at least 4 members (excludes halogenated alkanes) is 1. The van der Waals surface area contributed by atoms with Crippen molar-refractivity contribution in [3.8, 4) is 0 Å². The Balaban J connectivity index is 1.90. The first-order valence-corrected chi connectivity index (χ1v) is 10.7. The van der Waals surface area contributed by atoms with Gasteiger partial charge in [0.1, 0.15) is 12.3 Å². The summed E-state index contributed by atoms with van der Waals surface area (Å²) in [6, 6.07) is 0. The molecule has 0 amide bonds. The molecule has 6 atom stereocenters. The number of rotatable bonds is 10. The molecule has 0 bridgehead atoms. The lowest BCUT2D eigenvalue weighted by molar-refractivity contribution is -0.140. The number of hydrogen-bond donors (Lipinski definition) is 1. The predicted molar refractivity (Wildman–Crippen MR) is 109 cm³/mol. The van der Waals surface area contributed by atoms with Gasteiger partial charge >= 0.3 is 5.97 Å². The van der Waals surface area contributed by atoms with E-state index in [0.717, 1.165) is 32.1 Å². The lowest BCUT2D eigenvalue weighted by Crippen LogP contribution is -2.28. The average molecular weight is 397 g/mol. The van der Waals surface area contributed by atoms with E-state index in [4.69, 9.17) is 4.74 Å². The second kappa shape index (κ2) is 10.5. The van der Waals surface area contributed by atoms with Crippen LogP contribution in [0.5, 0.6) is 0 Å². The van der Waals surface area contributed by atoms with Crippen molar-refractivity contribution in [1.82, 2.24) is 0 Å². The fourth-order valence-corrected chi connectivity index (χ4v) is 4.31. The number of aliphatic hydroxyl groups is 1. The Hall–Kier alpha value is -1.20. The largest absolute Gasteiger partial charge is 0.469 e. The van der Waals surface area contributed by atoms with Crippen LogP contribution in [0.15, 0.2) is 24.3 Å². The molecule has 0 aromatic carbocycles. The summed E-state index contributed by atoms with van der Waals surface area (Å²) in [7, 11) is 1.36. The Labute approximate surface area is 169 Å². The topological polar surface area (TPSA) is 55.8 Å². The van der Waals surface area contributed by atoms with Gasteiger partial charge in [-0.15, -0.1) is 0 Å². The van der Waals surface area contributed by atoms with Crippen molar-refractivity contribution in [2.45, 2.75) is 90.2 Å². The van der Waals surface area contributed by atoms with E-state index in [9.17, 15) is 9.90 Å². The van der Waals surface area contributed by atoms with Gasteiger partial charge in [0.15, 0.2) is 0 Å². The predicted octanol–water partition coefficient (Wildman–Crippen LogP) is 4.76. The zero-order chi connectivity index (χ0) is 20.7. The van der Waals surface area contributed by atoms with Crippen molar-refractivity contribution in [1.29, 1.82) is 0 Å². The minimum atomic E-state index is -1.05. The average Bonchev–Trinajstić information content (AvgIpc) is 3.21. The summed E-state index contributed by atoms with van der Waals surface area (Å²) >= 11 is 0. The lowest BCUT2D eigenvalue weighted by atomic mass is 9.80. The highest BCUT2D eigenvalue weighted by atomic mass is 19.1. The highest BCUT2D eigenvalue weighted by molar-refractivity contribution is 5.69. The molecule has 1 aliphatic heterocycles.